The molecule has 1 fully saturated rings. The van der Waals surface area contributed by atoms with Gasteiger partial charge >= 0.3 is 0 Å². The minimum Gasteiger partial charge on any atom is -0.319 e. The third kappa shape index (κ3) is 4.71. The van der Waals surface area contributed by atoms with Crippen molar-refractivity contribution >= 4 is 38.2 Å². The summed E-state index contributed by atoms with van der Waals surface area (Å²) in [5.41, 5.74) is 1.97. The lowest BCUT2D eigenvalue weighted by atomic mass is 9.80. The number of halogens is 2. The first kappa shape index (κ1) is 24.4. The Bertz CT molecular complexity index is 1620. The minimum absolute atomic E-state index is 0.106. The smallest absolute Gasteiger partial charge is 0.263 e. The first-order valence-electron chi connectivity index (χ1n) is 11.3. The molecule has 1 saturated carbocycles. The van der Waals surface area contributed by atoms with Gasteiger partial charge in [-0.05, 0) is 74.3 Å². The molecule has 11 heteroatoms. The number of benzene rings is 2. The van der Waals surface area contributed by atoms with Crippen LogP contribution in [-0.4, -0.2) is 36.5 Å². The van der Waals surface area contributed by atoms with Crippen molar-refractivity contribution in [2.45, 2.75) is 23.8 Å². The molecule has 186 valence electrons. The Balaban J connectivity index is 1.44. The van der Waals surface area contributed by atoms with Gasteiger partial charge in [0.05, 0.1) is 34.1 Å². The molecule has 0 bridgehead atoms. The van der Waals surface area contributed by atoms with E-state index in [-0.39, 0.29) is 27.2 Å². The van der Waals surface area contributed by atoms with Crippen LogP contribution >= 0.6 is 11.6 Å². The monoisotopic (exact) mass is 527 g/mol. The first-order chi connectivity index (χ1) is 17.2. The van der Waals surface area contributed by atoms with E-state index in [1.807, 2.05) is 7.05 Å². The van der Waals surface area contributed by atoms with Gasteiger partial charge in [-0.1, -0.05) is 17.7 Å². The molecule has 0 spiro atoms. The fourth-order valence-corrected chi connectivity index (χ4v) is 6.08. The molecule has 2 N–H and O–H groups in total. The molecule has 0 amide bonds. The van der Waals surface area contributed by atoms with Crippen molar-refractivity contribution in [1.82, 2.24) is 19.9 Å². The summed E-state index contributed by atoms with van der Waals surface area (Å²) in [5.74, 6) is -0.0844. The topological polar surface area (TPSA) is 106 Å². The lowest BCUT2D eigenvalue weighted by Crippen LogP contribution is -2.37. The van der Waals surface area contributed by atoms with Crippen LogP contribution in [0.25, 0.3) is 22.0 Å². The molecule has 36 heavy (non-hydrogen) atoms. The van der Waals surface area contributed by atoms with Crippen molar-refractivity contribution in [3.8, 4) is 11.1 Å². The average molecular weight is 528 g/mol. The Kier molecular flexibility index (Phi) is 6.50. The van der Waals surface area contributed by atoms with Crippen molar-refractivity contribution in [2.75, 3.05) is 18.3 Å². The Morgan fingerprint density at radius 2 is 1.92 bits per heavy atom. The molecule has 0 unspecified atom stereocenters. The van der Waals surface area contributed by atoms with Gasteiger partial charge < -0.3 is 5.32 Å². The summed E-state index contributed by atoms with van der Waals surface area (Å²) >= 11 is 5.94. The van der Waals surface area contributed by atoms with Gasteiger partial charge in [0.1, 0.15) is 10.7 Å². The number of nitrogens with zero attached hydrogens (tertiary/aromatic N) is 3. The van der Waals surface area contributed by atoms with E-state index >= 15 is 0 Å². The van der Waals surface area contributed by atoms with E-state index in [9.17, 15) is 17.6 Å². The summed E-state index contributed by atoms with van der Waals surface area (Å²) in [4.78, 5) is 21.6. The van der Waals surface area contributed by atoms with Gasteiger partial charge in [0.15, 0.2) is 0 Å². The minimum atomic E-state index is -4.08. The molecule has 0 aliphatic heterocycles. The lowest BCUT2D eigenvalue weighted by molar-refractivity contribution is 0.191. The van der Waals surface area contributed by atoms with Crippen LogP contribution in [0.15, 0.2) is 70.9 Å². The second-order valence-corrected chi connectivity index (χ2v) is 10.9. The molecule has 2 heterocycles. The zero-order valence-electron chi connectivity index (χ0n) is 19.3. The summed E-state index contributed by atoms with van der Waals surface area (Å²) in [6.07, 6.45) is 6.40. The largest absolute Gasteiger partial charge is 0.319 e. The zero-order valence-corrected chi connectivity index (χ0v) is 20.9. The van der Waals surface area contributed by atoms with Crippen LogP contribution in [0.4, 0.5) is 10.1 Å². The van der Waals surface area contributed by atoms with Crippen molar-refractivity contribution in [2.24, 2.45) is 5.92 Å². The summed E-state index contributed by atoms with van der Waals surface area (Å²) < 4.78 is 43.1. The summed E-state index contributed by atoms with van der Waals surface area (Å²) in [6.45, 7) is 0.927. The standard InChI is InChI=1S/C25H23ClFN5O3S/c1-28-11-15-6-20(7-15)32-14-30-23-4-2-16(9-21(23)25(32)33)17-8-19(13-29-12-17)31-36(34,35)24-5-3-18(27)10-22(24)26/h2-5,8-10,12-15,20,28,31H,6-7,11H2,1H3. The van der Waals surface area contributed by atoms with E-state index in [1.165, 1.54) is 6.20 Å². The van der Waals surface area contributed by atoms with Gasteiger partial charge in [0, 0.05) is 17.8 Å². The van der Waals surface area contributed by atoms with Gasteiger partial charge in [0.2, 0.25) is 0 Å². The molecular formula is C25H23ClFN5O3S. The second kappa shape index (κ2) is 9.61. The van der Waals surface area contributed by atoms with E-state index in [0.717, 1.165) is 37.6 Å². The maximum absolute atomic E-state index is 13.3. The Labute approximate surface area is 212 Å². The molecule has 0 saturated heterocycles. The van der Waals surface area contributed by atoms with E-state index in [0.29, 0.717) is 27.9 Å². The number of hydrogen-bond donors (Lipinski definition) is 2. The van der Waals surface area contributed by atoms with Crippen LogP contribution in [0.3, 0.4) is 0 Å². The Morgan fingerprint density at radius 3 is 2.67 bits per heavy atom. The van der Waals surface area contributed by atoms with Gasteiger partial charge in [-0.2, -0.15) is 0 Å². The quantitative estimate of drug-likeness (QED) is 0.373. The molecule has 2 aromatic heterocycles. The number of pyridine rings is 1. The molecule has 4 aromatic rings. The van der Waals surface area contributed by atoms with E-state index in [1.54, 1.807) is 41.4 Å². The molecule has 0 radical (unpaired) electrons. The second-order valence-electron chi connectivity index (χ2n) is 8.88. The summed E-state index contributed by atoms with van der Waals surface area (Å²) in [6, 6.07) is 10.1. The fraction of sp³-hybridized carbons (Fsp3) is 0.240. The zero-order chi connectivity index (χ0) is 25.4. The predicted octanol–water partition coefficient (Wildman–Crippen LogP) is 4.22. The highest BCUT2D eigenvalue weighted by atomic mass is 35.5. The summed E-state index contributed by atoms with van der Waals surface area (Å²) in [5, 5.41) is 3.43. The number of fused-ring (bicyclic) bond motifs is 1. The number of hydrogen-bond acceptors (Lipinski definition) is 6. The third-order valence-electron chi connectivity index (χ3n) is 6.39. The average Bonchev–Trinajstić information content (AvgIpc) is 2.81. The van der Waals surface area contributed by atoms with Gasteiger partial charge in [-0.3, -0.25) is 19.1 Å². The van der Waals surface area contributed by atoms with Crippen LogP contribution in [-0.2, 0) is 10.0 Å². The van der Waals surface area contributed by atoms with Crippen LogP contribution in [0.1, 0.15) is 18.9 Å². The highest BCUT2D eigenvalue weighted by molar-refractivity contribution is 7.92. The number of anilines is 1. The van der Waals surface area contributed by atoms with Crippen molar-refractivity contribution in [3.63, 3.8) is 0 Å². The molecule has 5 rings (SSSR count). The molecule has 1 aliphatic carbocycles. The van der Waals surface area contributed by atoms with Crippen LogP contribution in [0.2, 0.25) is 5.02 Å². The maximum atomic E-state index is 13.3. The SMILES string of the molecule is CNCC1CC(n2cnc3ccc(-c4cncc(NS(=O)(=O)c5ccc(F)cc5Cl)c4)cc3c2=O)C1. The lowest BCUT2D eigenvalue weighted by Gasteiger charge is -2.36. The highest BCUT2D eigenvalue weighted by Gasteiger charge is 2.30. The maximum Gasteiger partial charge on any atom is 0.263 e. The Hall–Kier alpha value is -3.34. The molecule has 8 nitrogen and oxygen atoms in total. The van der Waals surface area contributed by atoms with Gasteiger partial charge in [-0.25, -0.2) is 17.8 Å². The van der Waals surface area contributed by atoms with Crippen LogP contribution in [0.5, 0.6) is 0 Å². The van der Waals surface area contributed by atoms with Crippen molar-refractivity contribution < 1.29 is 12.8 Å². The molecular weight excluding hydrogens is 505 g/mol. The van der Waals surface area contributed by atoms with Gasteiger partial charge in [0.25, 0.3) is 15.6 Å². The molecule has 0 atom stereocenters. The van der Waals surface area contributed by atoms with Crippen LogP contribution in [0, 0.1) is 11.7 Å². The van der Waals surface area contributed by atoms with Gasteiger partial charge in [-0.15, -0.1) is 0 Å². The molecule has 2 aromatic carbocycles. The number of sulfonamides is 1. The number of nitrogens with one attached hydrogen (secondary N) is 2. The number of aromatic nitrogens is 3. The Morgan fingerprint density at radius 1 is 1.11 bits per heavy atom. The number of rotatable bonds is 7. The molecule has 1 aliphatic rings. The third-order valence-corrected chi connectivity index (χ3v) is 8.25. The van der Waals surface area contributed by atoms with Crippen molar-refractivity contribution in [3.05, 3.63) is 82.4 Å². The van der Waals surface area contributed by atoms with E-state index < -0.39 is 15.8 Å². The van der Waals surface area contributed by atoms with E-state index in [2.05, 4.69) is 20.0 Å². The normalized spacial score (nSPS) is 17.6. The first-order valence-corrected chi connectivity index (χ1v) is 13.2. The van der Waals surface area contributed by atoms with Crippen molar-refractivity contribution in [1.29, 1.82) is 0 Å². The summed E-state index contributed by atoms with van der Waals surface area (Å²) in [7, 11) is -2.16. The highest BCUT2D eigenvalue weighted by Crippen LogP contribution is 2.36. The van der Waals surface area contributed by atoms with Crippen LogP contribution < -0.4 is 15.6 Å². The fourth-order valence-electron chi connectivity index (χ4n) is 4.52. The van der Waals surface area contributed by atoms with E-state index in [4.69, 9.17) is 11.6 Å². The predicted molar refractivity (Wildman–Crippen MR) is 137 cm³/mol.